The van der Waals surface area contributed by atoms with Crippen LogP contribution in [0.3, 0.4) is 0 Å². The van der Waals surface area contributed by atoms with Gasteiger partial charge in [0.25, 0.3) is 5.91 Å². The minimum Gasteiger partial charge on any atom is -0.322 e. The number of carbonyl (C=O) groups is 2. The van der Waals surface area contributed by atoms with Crippen molar-refractivity contribution in [2.45, 2.75) is 13.8 Å². The highest BCUT2D eigenvalue weighted by Crippen LogP contribution is 2.29. The standard InChI is InChI=1S/C18H16Cl2N2O2/c1-11-6-3-4-7-13(11)10-16(21-12(2)23)18(24)22-15-9-5-8-14(19)17(15)20/h3-10H,1-2H3,(H,21,23)(H,22,24). The summed E-state index contributed by atoms with van der Waals surface area (Å²) < 4.78 is 0. The molecule has 0 fully saturated rings. The molecule has 124 valence electrons. The van der Waals surface area contributed by atoms with Gasteiger partial charge in [-0.2, -0.15) is 0 Å². The Morgan fingerprint density at radius 1 is 1.04 bits per heavy atom. The summed E-state index contributed by atoms with van der Waals surface area (Å²) >= 11 is 12.0. The van der Waals surface area contributed by atoms with Crippen LogP contribution in [-0.4, -0.2) is 11.8 Å². The molecule has 0 aromatic heterocycles. The predicted octanol–water partition coefficient (Wildman–Crippen LogP) is 4.42. The molecule has 0 saturated carbocycles. The first kappa shape index (κ1) is 18.0. The second-order valence-electron chi connectivity index (χ2n) is 5.15. The maximum Gasteiger partial charge on any atom is 0.272 e. The van der Waals surface area contributed by atoms with E-state index in [4.69, 9.17) is 23.2 Å². The maximum atomic E-state index is 12.5. The van der Waals surface area contributed by atoms with Crippen molar-refractivity contribution in [1.29, 1.82) is 0 Å². The molecule has 4 nitrogen and oxygen atoms in total. The Hall–Kier alpha value is -2.30. The van der Waals surface area contributed by atoms with E-state index in [1.165, 1.54) is 6.92 Å². The molecule has 0 radical (unpaired) electrons. The molecule has 2 aromatic carbocycles. The van der Waals surface area contributed by atoms with Gasteiger partial charge < -0.3 is 10.6 Å². The Morgan fingerprint density at radius 2 is 1.75 bits per heavy atom. The fourth-order valence-electron chi connectivity index (χ4n) is 2.04. The molecule has 0 aliphatic carbocycles. The van der Waals surface area contributed by atoms with Crippen molar-refractivity contribution in [3.05, 3.63) is 69.3 Å². The Bertz CT molecular complexity index is 816. The molecule has 24 heavy (non-hydrogen) atoms. The SMILES string of the molecule is CC(=O)NC(=Cc1ccccc1C)C(=O)Nc1cccc(Cl)c1Cl. The van der Waals surface area contributed by atoms with E-state index in [1.54, 1.807) is 24.3 Å². The van der Waals surface area contributed by atoms with Crippen molar-refractivity contribution in [2.24, 2.45) is 0 Å². The predicted molar refractivity (Wildman–Crippen MR) is 98.1 cm³/mol. The van der Waals surface area contributed by atoms with E-state index in [0.29, 0.717) is 10.7 Å². The van der Waals surface area contributed by atoms with Crippen molar-refractivity contribution in [3.63, 3.8) is 0 Å². The van der Waals surface area contributed by atoms with Gasteiger partial charge in [-0.05, 0) is 36.3 Å². The molecule has 0 heterocycles. The molecule has 2 rings (SSSR count). The van der Waals surface area contributed by atoms with Crippen LogP contribution in [0, 0.1) is 6.92 Å². The smallest absolute Gasteiger partial charge is 0.272 e. The number of hydrogen-bond donors (Lipinski definition) is 2. The van der Waals surface area contributed by atoms with E-state index in [0.717, 1.165) is 11.1 Å². The van der Waals surface area contributed by atoms with Gasteiger partial charge in [-0.15, -0.1) is 0 Å². The minimum absolute atomic E-state index is 0.118. The van der Waals surface area contributed by atoms with Gasteiger partial charge in [0.2, 0.25) is 5.91 Å². The third kappa shape index (κ3) is 4.60. The van der Waals surface area contributed by atoms with Crippen LogP contribution < -0.4 is 10.6 Å². The van der Waals surface area contributed by atoms with E-state index < -0.39 is 5.91 Å². The Balaban J connectivity index is 2.34. The second kappa shape index (κ2) is 7.99. The summed E-state index contributed by atoms with van der Waals surface area (Å²) in [5, 5.41) is 5.77. The largest absolute Gasteiger partial charge is 0.322 e. The van der Waals surface area contributed by atoms with Crippen molar-refractivity contribution in [2.75, 3.05) is 5.32 Å². The number of benzene rings is 2. The quantitative estimate of drug-likeness (QED) is 0.791. The lowest BCUT2D eigenvalue weighted by Crippen LogP contribution is -2.29. The van der Waals surface area contributed by atoms with Crippen LogP contribution in [0.25, 0.3) is 6.08 Å². The summed E-state index contributed by atoms with van der Waals surface area (Å²) in [6, 6.07) is 12.5. The van der Waals surface area contributed by atoms with Crippen LogP contribution in [0.15, 0.2) is 48.2 Å². The van der Waals surface area contributed by atoms with Crippen LogP contribution in [0.2, 0.25) is 10.0 Å². The molecule has 2 N–H and O–H groups in total. The third-order valence-electron chi connectivity index (χ3n) is 3.24. The van der Waals surface area contributed by atoms with Gasteiger partial charge in [-0.1, -0.05) is 53.5 Å². The summed E-state index contributed by atoms with van der Waals surface area (Å²) in [5.41, 5.74) is 2.30. The number of aryl methyl sites for hydroxylation is 1. The average Bonchev–Trinajstić information content (AvgIpc) is 2.52. The molecular formula is C18H16Cl2N2O2. The van der Waals surface area contributed by atoms with E-state index in [1.807, 2.05) is 31.2 Å². The first-order valence-corrected chi connectivity index (χ1v) is 7.94. The third-order valence-corrected chi connectivity index (χ3v) is 4.06. The fraction of sp³-hybridized carbons (Fsp3) is 0.111. The van der Waals surface area contributed by atoms with Gasteiger partial charge in [0, 0.05) is 6.92 Å². The van der Waals surface area contributed by atoms with Crippen molar-refractivity contribution >= 4 is 46.8 Å². The number of rotatable bonds is 4. The molecule has 0 saturated heterocycles. The first-order valence-electron chi connectivity index (χ1n) is 7.18. The molecule has 0 aliphatic heterocycles. The topological polar surface area (TPSA) is 58.2 Å². The summed E-state index contributed by atoms with van der Waals surface area (Å²) in [7, 11) is 0. The highest BCUT2D eigenvalue weighted by molar-refractivity contribution is 6.44. The molecule has 0 atom stereocenters. The number of carbonyl (C=O) groups excluding carboxylic acids is 2. The molecule has 0 aliphatic rings. The summed E-state index contributed by atoms with van der Waals surface area (Å²) in [6.45, 7) is 3.26. The second-order valence-corrected chi connectivity index (χ2v) is 5.94. The van der Waals surface area contributed by atoms with Gasteiger partial charge in [0.1, 0.15) is 5.70 Å². The monoisotopic (exact) mass is 362 g/mol. The normalized spacial score (nSPS) is 11.1. The minimum atomic E-state index is -0.488. The molecule has 2 amide bonds. The molecule has 0 unspecified atom stereocenters. The fourth-order valence-corrected chi connectivity index (χ4v) is 2.39. The lowest BCUT2D eigenvalue weighted by molar-refractivity contribution is -0.120. The maximum absolute atomic E-state index is 12.5. The number of amides is 2. The Labute approximate surface area is 150 Å². The Morgan fingerprint density at radius 3 is 2.42 bits per heavy atom. The lowest BCUT2D eigenvalue weighted by Gasteiger charge is -2.12. The van der Waals surface area contributed by atoms with E-state index in [2.05, 4.69) is 10.6 Å². The number of halogens is 2. The molecular weight excluding hydrogens is 347 g/mol. The number of hydrogen-bond acceptors (Lipinski definition) is 2. The zero-order valence-corrected chi connectivity index (χ0v) is 14.7. The van der Waals surface area contributed by atoms with Crippen molar-refractivity contribution in [1.82, 2.24) is 5.32 Å². The van der Waals surface area contributed by atoms with Crippen LogP contribution >= 0.6 is 23.2 Å². The van der Waals surface area contributed by atoms with Gasteiger partial charge >= 0.3 is 0 Å². The number of anilines is 1. The Kier molecular flexibility index (Phi) is 6.01. The summed E-state index contributed by atoms with van der Waals surface area (Å²) in [5.74, 6) is -0.834. The average molecular weight is 363 g/mol. The van der Waals surface area contributed by atoms with Gasteiger partial charge in [0.05, 0.1) is 15.7 Å². The van der Waals surface area contributed by atoms with E-state index in [9.17, 15) is 9.59 Å². The van der Waals surface area contributed by atoms with Crippen LogP contribution in [-0.2, 0) is 9.59 Å². The highest BCUT2D eigenvalue weighted by Gasteiger charge is 2.14. The lowest BCUT2D eigenvalue weighted by atomic mass is 10.1. The highest BCUT2D eigenvalue weighted by atomic mass is 35.5. The van der Waals surface area contributed by atoms with Crippen LogP contribution in [0.4, 0.5) is 5.69 Å². The van der Waals surface area contributed by atoms with Gasteiger partial charge in [-0.25, -0.2) is 0 Å². The van der Waals surface area contributed by atoms with E-state index in [-0.39, 0.29) is 16.6 Å². The summed E-state index contributed by atoms with van der Waals surface area (Å²) in [4.78, 5) is 24.0. The molecule has 2 aromatic rings. The van der Waals surface area contributed by atoms with Gasteiger partial charge in [0.15, 0.2) is 0 Å². The summed E-state index contributed by atoms with van der Waals surface area (Å²) in [6.07, 6.45) is 1.62. The molecule has 6 heteroatoms. The van der Waals surface area contributed by atoms with Crippen molar-refractivity contribution in [3.8, 4) is 0 Å². The number of nitrogens with one attached hydrogen (secondary N) is 2. The van der Waals surface area contributed by atoms with Crippen molar-refractivity contribution < 1.29 is 9.59 Å². The van der Waals surface area contributed by atoms with Crippen LogP contribution in [0.5, 0.6) is 0 Å². The first-order chi connectivity index (χ1) is 11.4. The van der Waals surface area contributed by atoms with Gasteiger partial charge in [-0.3, -0.25) is 9.59 Å². The van der Waals surface area contributed by atoms with E-state index >= 15 is 0 Å². The zero-order chi connectivity index (χ0) is 17.7. The van der Waals surface area contributed by atoms with Crippen LogP contribution in [0.1, 0.15) is 18.1 Å². The zero-order valence-electron chi connectivity index (χ0n) is 13.2. The molecule has 0 spiro atoms. The molecule has 0 bridgehead atoms.